The predicted molar refractivity (Wildman–Crippen MR) is 80.5 cm³/mol. The monoisotopic (exact) mass is 277 g/mol. The molecule has 0 bridgehead atoms. The Morgan fingerprint density at radius 2 is 2.20 bits per heavy atom. The van der Waals surface area contributed by atoms with Gasteiger partial charge in [0.25, 0.3) is 0 Å². The van der Waals surface area contributed by atoms with Gasteiger partial charge in [0, 0.05) is 24.7 Å². The van der Waals surface area contributed by atoms with Crippen LogP contribution in [0.25, 0.3) is 0 Å². The number of nitrogens with zero attached hydrogens (tertiary/aromatic N) is 2. The van der Waals surface area contributed by atoms with E-state index in [4.69, 9.17) is 5.73 Å². The van der Waals surface area contributed by atoms with Crippen LogP contribution in [0, 0.1) is 0 Å². The highest BCUT2D eigenvalue weighted by molar-refractivity contribution is 5.75. The summed E-state index contributed by atoms with van der Waals surface area (Å²) in [6.45, 7) is 7.39. The normalized spacial score (nSPS) is 18.9. The Bertz CT molecular complexity index is 465. The van der Waals surface area contributed by atoms with E-state index >= 15 is 0 Å². The van der Waals surface area contributed by atoms with E-state index in [9.17, 15) is 4.79 Å². The van der Waals surface area contributed by atoms with Gasteiger partial charge in [0.15, 0.2) is 0 Å². The van der Waals surface area contributed by atoms with Crippen molar-refractivity contribution < 1.29 is 4.79 Å². The van der Waals surface area contributed by atoms with E-state index in [1.54, 1.807) is 6.20 Å². The van der Waals surface area contributed by atoms with Crippen LogP contribution in [0.3, 0.4) is 0 Å². The smallest absolute Gasteiger partial charge is 0.317 e. The van der Waals surface area contributed by atoms with Gasteiger partial charge in [-0.3, -0.25) is 0 Å². The Morgan fingerprint density at radius 3 is 2.80 bits per heavy atom. The van der Waals surface area contributed by atoms with E-state index in [1.165, 1.54) is 0 Å². The second-order valence-corrected chi connectivity index (χ2v) is 6.23. The number of nitrogen functional groups attached to an aromatic ring is 1. The average Bonchev–Trinajstić information content (AvgIpc) is 2.79. The number of rotatable bonds is 2. The number of pyridine rings is 1. The van der Waals surface area contributed by atoms with Crippen LogP contribution in [0.1, 0.15) is 27.2 Å². The van der Waals surface area contributed by atoms with Gasteiger partial charge in [0.2, 0.25) is 0 Å². The van der Waals surface area contributed by atoms with Gasteiger partial charge in [-0.05, 0) is 39.3 Å². The summed E-state index contributed by atoms with van der Waals surface area (Å²) in [5.74, 6) is 0.794. The van der Waals surface area contributed by atoms with E-state index in [0.29, 0.717) is 12.2 Å². The molecule has 0 saturated carbocycles. The summed E-state index contributed by atoms with van der Waals surface area (Å²) in [4.78, 5) is 18.1. The second kappa shape index (κ2) is 5.56. The maximum atomic E-state index is 12.1. The van der Waals surface area contributed by atoms with Gasteiger partial charge >= 0.3 is 6.03 Å². The molecular weight excluding hydrogens is 254 g/mol. The molecule has 2 amide bonds. The molecule has 20 heavy (non-hydrogen) atoms. The number of nitrogens with one attached hydrogen (secondary N) is 2. The van der Waals surface area contributed by atoms with Crippen LogP contribution in [0.15, 0.2) is 18.3 Å². The van der Waals surface area contributed by atoms with Crippen molar-refractivity contribution >= 4 is 17.5 Å². The SMILES string of the molecule is CC(C)(C)NC(=O)N1CCC(Nc2ccc(N)cn2)C1. The summed E-state index contributed by atoms with van der Waals surface area (Å²) in [7, 11) is 0. The summed E-state index contributed by atoms with van der Waals surface area (Å²) >= 11 is 0. The minimum atomic E-state index is -0.207. The number of anilines is 2. The van der Waals surface area contributed by atoms with Crippen LogP contribution in [0.4, 0.5) is 16.3 Å². The van der Waals surface area contributed by atoms with Crippen LogP contribution in [0.2, 0.25) is 0 Å². The Labute approximate surface area is 119 Å². The summed E-state index contributed by atoms with van der Waals surface area (Å²) in [6.07, 6.45) is 2.55. The maximum absolute atomic E-state index is 12.1. The lowest BCUT2D eigenvalue weighted by Crippen LogP contribution is -2.48. The maximum Gasteiger partial charge on any atom is 0.317 e. The van der Waals surface area contributed by atoms with Crippen LogP contribution in [-0.2, 0) is 0 Å². The molecule has 6 nitrogen and oxygen atoms in total. The first kappa shape index (κ1) is 14.4. The number of hydrogen-bond donors (Lipinski definition) is 3. The van der Waals surface area contributed by atoms with Gasteiger partial charge in [-0.2, -0.15) is 0 Å². The molecule has 0 spiro atoms. The number of urea groups is 1. The molecule has 110 valence electrons. The van der Waals surface area contributed by atoms with Gasteiger partial charge in [-0.25, -0.2) is 9.78 Å². The Kier molecular flexibility index (Phi) is 4.01. The first-order valence-electron chi connectivity index (χ1n) is 6.89. The highest BCUT2D eigenvalue weighted by atomic mass is 16.2. The van der Waals surface area contributed by atoms with Crippen LogP contribution in [0.5, 0.6) is 0 Å². The standard InChI is InChI=1S/C14H23N5O/c1-14(2,3)18-13(20)19-7-6-11(9-19)17-12-5-4-10(15)8-16-12/h4-5,8,11H,6-7,9,15H2,1-3H3,(H,16,17)(H,18,20). The number of nitrogens with two attached hydrogens (primary N) is 1. The highest BCUT2D eigenvalue weighted by Crippen LogP contribution is 2.15. The fourth-order valence-electron chi connectivity index (χ4n) is 2.16. The van der Waals surface area contributed by atoms with Gasteiger partial charge < -0.3 is 21.3 Å². The first-order valence-corrected chi connectivity index (χ1v) is 6.89. The topological polar surface area (TPSA) is 83.3 Å². The largest absolute Gasteiger partial charge is 0.397 e. The molecule has 1 aliphatic heterocycles. The molecular formula is C14H23N5O. The van der Waals surface area contributed by atoms with Crippen molar-refractivity contribution in [2.75, 3.05) is 24.1 Å². The fourth-order valence-corrected chi connectivity index (χ4v) is 2.16. The van der Waals surface area contributed by atoms with Crippen molar-refractivity contribution in [3.8, 4) is 0 Å². The van der Waals surface area contributed by atoms with Crippen LogP contribution < -0.4 is 16.4 Å². The summed E-state index contributed by atoms with van der Waals surface area (Å²) in [5.41, 5.74) is 6.04. The predicted octanol–water partition coefficient (Wildman–Crippen LogP) is 1.66. The Balaban J connectivity index is 1.86. The van der Waals surface area contributed by atoms with Gasteiger partial charge in [0.1, 0.15) is 5.82 Å². The van der Waals surface area contributed by atoms with E-state index in [1.807, 2.05) is 37.8 Å². The molecule has 1 fully saturated rings. The third-order valence-electron chi connectivity index (χ3n) is 3.10. The molecule has 1 aromatic rings. The molecule has 0 radical (unpaired) electrons. The molecule has 4 N–H and O–H groups in total. The van der Waals surface area contributed by atoms with Crippen molar-refractivity contribution in [3.05, 3.63) is 18.3 Å². The zero-order valence-electron chi connectivity index (χ0n) is 12.3. The third-order valence-corrected chi connectivity index (χ3v) is 3.10. The van der Waals surface area contributed by atoms with Crippen LogP contribution >= 0.6 is 0 Å². The Hall–Kier alpha value is -1.98. The minimum Gasteiger partial charge on any atom is -0.397 e. The zero-order valence-corrected chi connectivity index (χ0v) is 12.3. The molecule has 1 aliphatic rings. The van der Waals surface area contributed by atoms with Crippen molar-refractivity contribution in [1.82, 2.24) is 15.2 Å². The third kappa shape index (κ3) is 4.01. The number of hydrogen-bond acceptors (Lipinski definition) is 4. The van der Waals surface area contributed by atoms with Crippen molar-refractivity contribution in [1.29, 1.82) is 0 Å². The summed E-state index contributed by atoms with van der Waals surface area (Å²) in [6, 6.07) is 3.89. The molecule has 6 heteroatoms. The number of amides is 2. The van der Waals surface area contributed by atoms with Gasteiger partial charge in [-0.15, -0.1) is 0 Å². The molecule has 0 aromatic carbocycles. The van der Waals surface area contributed by atoms with Gasteiger partial charge in [-0.1, -0.05) is 0 Å². The lowest BCUT2D eigenvalue weighted by molar-refractivity contribution is 0.199. The van der Waals surface area contributed by atoms with Gasteiger partial charge in [0.05, 0.1) is 11.9 Å². The van der Waals surface area contributed by atoms with E-state index in [0.717, 1.165) is 18.8 Å². The minimum absolute atomic E-state index is 0.00735. The molecule has 0 aliphatic carbocycles. The molecule has 1 atom stereocenters. The highest BCUT2D eigenvalue weighted by Gasteiger charge is 2.28. The quantitative estimate of drug-likeness (QED) is 0.767. The van der Waals surface area contributed by atoms with E-state index in [-0.39, 0.29) is 17.6 Å². The molecule has 1 saturated heterocycles. The molecule has 2 rings (SSSR count). The van der Waals surface area contributed by atoms with E-state index in [2.05, 4.69) is 15.6 Å². The second-order valence-electron chi connectivity index (χ2n) is 6.23. The Morgan fingerprint density at radius 1 is 1.45 bits per heavy atom. The lowest BCUT2D eigenvalue weighted by Gasteiger charge is -2.25. The van der Waals surface area contributed by atoms with Crippen LogP contribution in [-0.4, -0.2) is 40.6 Å². The number of aromatic nitrogens is 1. The molecule has 1 aromatic heterocycles. The average molecular weight is 277 g/mol. The van der Waals surface area contributed by atoms with E-state index < -0.39 is 0 Å². The zero-order chi connectivity index (χ0) is 14.8. The fraction of sp³-hybridized carbons (Fsp3) is 0.571. The molecule has 1 unspecified atom stereocenters. The molecule has 2 heterocycles. The number of carbonyl (C=O) groups excluding carboxylic acids is 1. The van der Waals surface area contributed by atoms with Crippen molar-refractivity contribution in [2.45, 2.75) is 38.8 Å². The summed E-state index contributed by atoms with van der Waals surface area (Å²) < 4.78 is 0. The van der Waals surface area contributed by atoms with Crippen molar-refractivity contribution in [2.24, 2.45) is 0 Å². The first-order chi connectivity index (χ1) is 9.33. The number of likely N-dealkylation sites (tertiary alicyclic amines) is 1. The summed E-state index contributed by atoms with van der Waals surface area (Å²) in [5, 5.41) is 6.31. The van der Waals surface area contributed by atoms with Crippen molar-refractivity contribution in [3.63, 3.8) is 0 Å². The lowest BCUT2D eigenvalue weighted by atomic mass is 10.1. The number of carbonyl (C=O) groups is 1.